The summed E-state index contributed by atoms with van der Waals surface area (Å²) in [6, 6.07) is 7.88. The molecule has 104 valence electrons. The van der Waals surface area contributed by atoms with Gasteiger partial charge in [0.1, 0.15) is 0 Å². The van der Waals surface area contributed by atoms with E-state index in [0.717, 1.165) is 17.9 Å². The number of rotatable bonds is 3. The lowest BCUT2D eigenvalue weighted by Crippen LogP contribution is -2.42. The topological polar surface area (TPSA) is 55.1 Å². The lowest BCUT2D eigenvalue weighted by molar-refractivity contribution is 0.0899. The number of nitrogens with two attached hydrogens (primary N) is 1. The average Bonchev–Trinajstić information content (AvgIpc) is 2.42. The predicted octanol–water partition coefficient (Wildman–Crippen LogP) is 2.70. The first-order chi connectivity index (χ1) is 9.10. The molecule has 0 spiro atoms. The molecule has 1 aromatic rings. The SMILES string of the molecule is CC1CCC(NC(=O)c2cccc(CN)c2)C(C)C1. The van der Waals surface area contributed by atoms with Gasteiger partial charge < -0.3 is 11.1 Å². The molecule has 1 aliphatic carbocycles. The number of carbonyl (C=O) groups excluding carboxylic acids is 1. The van der Waals surface area contributed by atoms with Gasteiger partial charge in [0, 0.05) is 18.2 Å². The minimum absolute atomic E-state index is 0.0294. The minimum atomic E-state index is 0.0294. The van der Waals surface area contributed by atoms with Crippen molar-refractivity contribution >= 4 is 5.91 Å². The van der Waals surface area contributed by atoms with Crippen molar-refractivity contribution in [2.24, 2.45) is 17.6 Å². The molecular formula is C16H24N2O. The van der Waals surface area contributed by atoms with Gasteiger partial charge in [-0.3, -0.25) is 4.79 Å². The molecule has 1 amide bonds. The Morgan fingerprint density at radius 3 is 2.84 bits per heavy atom. The van der Waals surface area contributed by atoms with Crippen LogP contribution in [0.5, 0.6) is 0 Å². The van der Waals surface area contributed by atoms with E-state index >= 15 is 0 Å². The molecule has 0 bridgehead atoms. The zero-order chi connectivity index (χ0) is 13.8. The second-order valence-corrected chi connectivity index (χ2v) is 5.88. The number of hydrogen-bond acceptors (Lipinski definition) is 2. The van der Waals surface area contributed by atoms with Crippen LogP contribution in [0.25, 0.3) is 0 Å². The molecule has 3 nitrogen and oxygen atoms in total. The van der Waals surface area contributed by atoms with E-state index in [4.69, 9.17) is 5.73 Å². The minimum Gasteiger partial charge on any atom is -0.349 e. The molecule has 1 aliphatic rings. The standard InChI is InChI=1S/C16H24N2O/c1-11-6-7-15(12(2)8-11)18-16(19)14-5-3-4-13(9-14)10-17/h3-5,9,11-12,15H,6-8,10,17H2,1-2H3,(H,18,19). The van der Waals surface area contributed by atoms with Crippen LogP contribution < -0.4 is 11.1 Å². The van der Waals surface area contributed by atoms with E-state index in [1.807, 2.05) is 24.3 Å². The van der Waals surface area contributed by atoms with Crippen LogP contribution in [0.3, 0.4) is 0 Å². The van der Waals surface area contributed by atoms with Crippen LogP contribution >= 0.6 is 0 Å². The molecule has 3 atom stereocenters. The van der Waals surface area contributed by atoms with Gasteiger partial charge >= 0.3 is 0 Å². The molecule has 1 aromatic carbocycles. The molecule has 3 unspecified atom stereocenters. The number of carbonyl (C=O) groups is 1. The van der Waals surface area contributed by atoms with Gasteiger partial charge in [-0.1, -0.05) is 26.0 Å². The first-order valence-corrected chi connectivity index (χ1v) is 7.20. The highest BCUT2D eigenvalue weighted by Crippen LogP contribution is 2.28. The molecular weight excluding hydrogens is 236 g/mol. The molecule has 0 radical (unpaired) electrons. The lowest BCUT2D eigenvalue weighted by atomic mass is 9.80. The largest absolute Gasteiger partial charge is 0.349 e. The summed E-state index contributed by atoms with van der Waals surface area (Å²) in [5, 5.41) is 3.18. The third-order valence-electron chi connectivity index (χ3n) is 4.17. The summed E-state index contributed by atoms with van der Waals surface area (Å²) in [5.41, 5.74) is 7.32. The Balaban J connectivity index is 2.00. The van der Waals surface area contributed by atoms with Crippen molar-refractivity contribution in [1.82, 2.24) is 5.32 Å². The van der Waals surface area contributed by atoms with E-state index < -0.39 is 0 Å². The zero-order valence-corrected chi connectivity index (χ0v) is 11.9. The molecule has 2 rings (SSSR count). The maximum absolute atomic E-state index is 12.3. The fourth-order valence-corrected chi connectivity index (χ4v) is 2.97. The summed E-state index contributed by atoms with van der Waals surface area (Å²) >= 11 is 0. The smallest absolute Gasteiger partial charge is 0.251 e. The Bertz CT molecular complexity index is 444. The second kappa shape index (κ2) is 6.20. The van der Waals surface area contributed by atoms with E-state index in [9.17, 15) is 4.79 Å². The highest BCUT2D eigenvalue weighted by molar-refractivity contribution is 5.94. The maximum atomic E-state index is 12.3. The maximum Gasteiger partial charge on any atom is 0.251 e. The van der Waals surface area contributed by atoms with Gasteiger partial charge in [-0.05, 0) is 48.8 Å². The summed E-state index contributed by atoms with van der Waals surface area (Å²) in [6.45, 7) is 4.99. The number of benzene rings is 1. The Kier molecular flexibility index (Phi) is 4.59. The van der Waals surface area contributed by atoms with Gasteiger partial charge in [0.05, 0.1) is 0 Å². The monoisotopic (exact) mass is 260 g/mol. The summed E-state index contributed by atoms with van der Waals surface area (Å²) < 4.78 is 0. The van der Waals surface area contributed by atoms with E-state index in [-0.39, 0.29) is 5.91 Å². The molecule has 0 saturated heterocycles. The Morgan fingerprint density at radius 1 is 1.37 bits per heavy atom. The van der Waals surface area contributed by atoms with Crippen LogP contribution in [-0.2, 0) is 6.54 Å². The van der Waals surface area contributed by atoms with Crippen LogP contribution in [0, 0.1) is 11.8 Å². The molecule has 3 N–H and O–H groups in total. The summed E-state index contributed by atoms with van der Waals surface area (Å²) in [4.78, 5) is 12.3. The van der Waals surface area contributed by atoms with Crippen molar-refractivity contribution in [3.63, 3.8) is 0 Å². The first-order valence-electron chi connectivity index (χ1n) is 7.20. The van der Waals surface area contributed by atoms with Gasteiger partial charge in [0.25, 0.3) is 5.91 Å². The fraction of sp³-hybridized carbons (Fsp3) is 0.562. The van der Waals surface area contributed by atoms with Crippen molar-refractivity contribution in [3.8, 4) is 0 Å². The molecule has 1 fully saturated rings. The fourth-order valence-electron chi connectivity index (χ4n) is 2.97. The first kappa shape index (κ1) is 14.1. The predicted molar refractivity (Wildman–Crippen MR) is 77.8 cm³/mol. The quantitative estimate of drug-likeness (QED) is 0.878. The molecule has 1 saturated carbocycles. The van der Waals surface area contributed by atoms with Crippen LogP contribution in [0.15, 0.2) is 24.3 Å². The highest BCUT2D eigenvalue weighted by Gasteiger charge is 2.26. The van der Waals surface area contributed by atoms with Gasteiger partial charge in [-0.2, -0.15) is 0 Å². The van der Waals surface area contributed by atoms with Crippen molar-refractivity contribution < 1.29 is 4.79 Å². The molecule has 0 heterocycles. The molecule has 19 heavy (non-hydrogen) atoms. The zero-order valence-electron chi connectivity index (χ0n) is 11.9. The molecule has 3 heteroatoms. The molecule has 0 aliphatic heterocycles. The van der Waals surface area contributed by atoms with Crippen LogP contribution in [-0.4, -0.2) is 11.9 Å². The van der Waals surface area contributed by atoms with Gasteiger partial charge in [0.2, 0.25) is 0 Å². The Morgan fingerprint density at radius 2 is 2.16 bits per heavy atom. The molecule has 0 aromatic heterocycles. The van der Waals surface area contributed by atoms with Crippen molar-refractivity contribution in [1.29, 1.82) is 0 Å². The third kappa shape index (κ3) is 3.57. The van der Waals surface area contributed by atoms with Crippen molar-refractivity contribution in [3.05, 3.63) is 35.4 Å². The number of amides is 1. The number of nitrogens with one attached hydrogen (secondary N) is 1. The summed E-state index contributed by atoms with van der Waals surface area (Å²) in [6.07, 6.45) is 3.50. The van der Waals surface area contributed by atoms with Crippen molar-refractivity contribution in [2.75, 3.05) is 0 Å². The average molecular weight is 260 g/mol. The van der Waals surface area contributed by atoms with E-state index in [1.54, 1.807) is 0 Å². The van der Waals surface area contributed by atoms with Gasteiger partial charge in [0.15, 0.2) is 0 Å². The summed E-state index contributed by atoms with van der Waals surface area (Å²) in [5.74, 6) is 1.37. The van der Waals surface area contributed by atoms with Crippen molar-refractivity contribution in [2.45, 2.75) is 45.7 Å². The second-order valence-electron chi connectivity index (χ2n) is 5.88. The van der Waals surface area contributed by atoms with Crippen LogP contribution in [0.2, 0.25) is 0 Å². The van der Waals surface area contributed by atoms with E-state index in [1.165, 1.54) is 12.8 Å². The Labute approximate surface area is 115 Å². The van der Waals surface area contributed by atoms with Gasteiger partial charge in [-0.15, -0.1) is 0 Å². The number of hydrogen-bond donors (Lipinski definition) is 2. The van der Waals surface area contributed by atoms with Crippen LogP contribution in [0.4, 0.5) is 0 Å². The van der Waals surface area contributed by atoms with E-state index in [2.05, 4.69) is 19.2 Å². The van der Waals surface area contributed by atoms with Gasteiger partial charge in [-0.25, -0.2) is 0 Å². The highest BCUT2D eigenvalue weighted by atomic mass is 16.1. The summed E-state index contributed by atoms with van der Waals surface area (Å²) in [7, 11) is 0. The Hall–Kier alpha value is -1.35. The van der Waals surface area contributed by atoms with Crippen LogP contribution in [0.1, 0.15) is 49.0 Å². The third-order valence-corrected chi connectivity index (χ3v) is 4.17. The lowest BCUT2D eigenvalue weighted by Gasteiger charge is -2.33. The van der Waals surface area contributed by atoms with E-state index in [0.29, 0.717) is 24.1 Å². The normalized spacial score (nSPS) is 27.0.